The number of aromatic nitrogens is 7. The largest absolute Gasteiger partial charge is 0.400 e. The maximum Gasteiger partial charge on any atom is 0.400 e. The van der Waals surface area contributed by atoms with Gasteiger partial charge < -0.3 is 15.6 Å². The molecule has 4 aromatic rings. The van der Waals surface area contributed by atoms with Crippen LogP contribution < -0.4 is 16.4 Å². The summed E-state index contributed by atoms with van der Waals surface area (Å²) in [6.45, 7) is 0. The van der Waals surface area contributed by atoms with Crippen molar-refractivity contribution in [3.63, 3.8) is 0 Å². The predicted molar refractivity (Wildman–Crippen MR) is 115 cm³/mol. The van der Waals surface area contributed by atoms with E-state index in [2.05, 4.69) is 40.8 Å². The molecule has 12 nitrogen and oxygen atoms in total. The van der Waals surface area contributed by atoms with Gasteiger partial charge in [-0.3, -0.25) is 5.32 Å². The standard InChI is InChI=1S/C20H17F3N10O2/c21-20(22,23)19(3-4-19)11-5-12(35-32-11)30-18(34)29-9-6-25-16(26-7-9)14-13-15(24)27-8-28-17(13)33(31-14)10-1-2-10/h5-8,10H,1-4H2,(H2,24,27,28)(H2,29,30,34). The van der Waals surface area contributed by atoms with E-state index in [9.17, 15) is 18.0 Å². The number of urea groups is 1. The molecule has 15 heteroatoms. The zero-order chi connectivity index (χ0) is 24.4. The summed E-state index contributed by atoms with van der Waals surface area (Å²) in [6.07, 6.45) is 1.51. The fraction of sp³-hybridized carbons (Fsp3) is 0.350. The third-order valence-corrected chi connectivity index (χ3v) is 6.06. The average Bonchev–Trinajstić information content (AvgIpc) is 3.74. The van der Waals surface area contributed by atoms with Gasteiger partial charge in [0.2, 0.25) is 5.88 Å². The van der Waals surface area contributed by atoms with Gasteiger partial charge in [0.05, 0.1) is 29.5 Å². The number of hydrogen-bond donors (Lipinski definition) is 3. The van der Waals surface area contributed by atoms with Crippen LogP contribution >= 0.6 is 0 Å². The van der Waals surface area contributed by atoms with E-state index in [1.54, 1.807) is 4.68 Å². The molecule has 0 atom stereocenters. The first kappa shape index (κ1) is 21.2. The van der Waals surface area contributed by atoms with Crippen LogP contribution in [0.1, 0.15) is 37.4 Å². The Balaban J connectivity index is 1.17. The molecule has 0 aromatic carbocycles. The number of nitrogens with two attached hydrogens (primary N) is 1. The topological polar surface area (TPSA) is 163 Å². The minimum Gasteiger partial charge on any atom is -0.383 e. The van der Waals surface area contributed by atoms with Crippen LogP contribution in [0.25, 0.3) is 22.6 Å². The Morgan fingerprint density at radius 2 is 1.89 bits per heavy atom. The molecule has 0 bridgehead atoms. The number of anilines is 3. The van der Waals surface area contributed by atoms with Gasteiger partial charge >= 0.3 is 12.2 Å². The van der Waals surface area contributed by atoms with Gasteiger partial charge in [-0.2, -0.15) is 18.3 Å². The van der Waals surface area contributed by atoms with Gasteiger partial charge in [-0.05, 0) is 25.7 Å². The number of alkyl halides is 3. The van der Waals surface area contributed by atoms with Crippen molar-refractivity contribution in [1.29, 1.82) is 0 Å². The average molecular weight is 486 g/mol. The van der Waals surface area contributed by atoms with E-state index in [0.29, 0.717) is 16.7 Å². The molecule has 0 unspecified atom stereocenters. The van der Waals surface area contributed by atoms with Gasteiger partial charge in [0.25, 0.3) is 0 Å². The second-order valence-electron chi connectivity index (χ2n) is 8.51. The number of nitrogens with zero attached hydrogens (tertiary/aromatic N) is 7. The molecule has 0 radical (unpaired) electrons. The van der Waals surface area contributed by atoms with E-state index in [1.807, 2.05) is 0 Å². The summed E-state index contributed by atoms with van der Waals surface area (Å²) in [5, 5.41) is 13.4. The molecule has 4 N–H and O–H groups in total. The van der Waals surface area contributed by atoms with Crippen LogP contribution in [0.3, 0.4) is 0 Å². The fourth-order valence-electron chi connectivity index (χ4n) is 3.88. The summed E-state index contributed by atoms with van der Waals surface area (Å²) in [5.74, 6) is 0.314. The van der Waals surface area contributed by atoms with E-state index in [0.717, 1.165) is 18.9 Å². The molecule has 4 aromatic heterocycles. The third kappa shape index (κ3) is 3.59. The van der Waals surface area contributed by atoms with Gasteiger partial charge in [-0.25, -0.2) is 29.4 Å². The van der Waals surface area contributed by atoms with Crippen LogP contribution in [0.15, 0.2) is 29.3 Å². The summed E-state index contributed by atoms with van der Waals surface area (Å²) in [7, 11) is 0. The molecule has 180 valence electrons. The highest BCUT2D eigenvalue weighted by molar-refractivity contribution is 5.99. The quantitative estimate of drug-likeness (QED) is 0.383. The monoisotopic (exact) mass is 486 g/mol. The minimum absolute atomic E-state index is 0.0652. The van der Waals surface area contributed by atoms with Crippen LogP contribution in [-0.2, 0) is 5.41 Å². The van der Waals surface area contributed by atoms with E-state index >= 15 is 0 Å². The Hall–Kier alpha value is -4.30. The van der Waals surface area contributed by atoms with Crippen molar-refractivity contribution in [3.05, 3.63) is 30.5 Å². The number of hydrogen-bond acceptors (Lipinski definition) is 9. The Morgan fingerprint density at radius 1 is 1.14 bits per heavy atom. The summed E-state index contributed by atoms with van der Waals surface area (Å²) in [5.41, 5.74) is 5.06. The number of nitrogen functional groups attached to an aromatic ring is 1. The first-order valence-corrected chi connectivity index (χ1v) is 10.7. The molecule has 4 heterocycles. The third-order valence-electron chi connectivity index (χ3n) is 6.06. The lowest BCUT2D eigenvalue weighted by atomic mass is 10.0. The number of carbonyl (C=O) groups excluding carboxylic acids is 1. The fourth-order valence-corrected chi connectivity index (χ4v) is 3.88. The van der Waals surface area contributed by atoms with Crippen molar-refractivity contribution in [2.24, 2.45) is 0 Å². The van der Waals surface area contributed by atoms with Crippen LogP contribution in [0, 0.1) is 0 Å². The van der Waals surface area contributed by atoms with Gasteiger partial charge in [0.1, 0.15) is 28.9 Å². The summed E-state index contributed by atoms with van der Waals surface area (Å²) < 4.78 is 46.4. The summed E-state index contributed by atoms with van der Waals surface area (Å²) in [4.78, 5) is 29.1. The van der Waals surface area contributed by atoms with Crippen LogP contribution in [0.2, 0.25) is 0 Å². The first-order valence-electron chi connectivity index (χ1n) is 10.7. The molecule has 2 aliphatic rings. The summed E-state index contributed by atoms with van der Waals surface area (Å²) in [6, 6.07) is 0.558. The van der Waals surface area contributed by atoms with Crippen molar-refractivity contribution in [3.8, 4) is 11.5 Å². The molecular weight excluding hydrogens is 469 g/mol. The Morgan fingerprint density at radius 3 is 2.54 bits per heavy atom. The molecule has 2 saturated carbocycles. The van der Waals surface area contributed by atoms with Gasteiger partial charge in [0, 0.05) is 6.07 Å². The van der Waals surface area contributed by atoms with E-state index in [-0.39, 0.29) is 47.8 Å². The highest BCUT2D eigenvalue weighted by Crippen LogP contribution is 2.58. The highest BCUT2D eigenvalue weighted by Gasteiger charge is 2.66. The van der Waals surface area contributed by atoms with Gasteiger partial charge in [0.15, 0.2) is 11.5 Å². The number of halogens is 3. The lowest BCUT2D eigenvalue weighted by Gasteiger charge is -2.15. The maximum atomic E-state index is 13.2. The lowest BCUT2D eigenvalue weighted by Crippen LogP contribution is -2.28. The highest BCUT2D eigenvalue weighted by atomic mass is 19.4. The molecule has 6 rings (SSSR count). The number of rotatable bonds is 5. The molecule has 2 fully saturated rings. The molecular formula is C20H17F3N10O2. The zero-order valence-corrected chi connectivity index (χ0v) is 17.9. The Bertz CT molecular complexity index is 1440. The first-order chi connectivity index (χ1) is 16.7. The van der Waals surface area contributed by atoms with Crippen molar-refractivity contribution in [2.45, 2.75) is 43.3 Å². The van der Waals surface area contributed by atoms with Crippen molar-refractivity contribution >= 4 is 34.5 Å². The Kier molecular flexibility index (Phi) is 4.46. The van der Waals surface area contributed by atoms with E-state index < -0.39 is 17.6 Å². The van der Waals surface area contributed by atoms with Gasteiger partial charge in [-0.1, -0.05) is 5.16 Å². The zero-order valence-electron chi connectivity index (χ0n) is 17.9. The van der Waals surface area contributed by atoms with Crippen LogP contribution in [-0.4, -0.2) is 47.1 Å². The molecule has 35 heavy (non-hydrogen) atoms. The number of fused-ring (bicyclic) bond motifs is 1. The molecule has 2 amide bonds. The van der Waals surface area contributed by atoms with Crippen molar-refractivity contribution in [2.75, 3.05) is 16.4 Å². The van der Waals surface area contributed by atoms with Crippen molar-refractivity contribution in [1.82, 2.24) is 34.9 Å². The molecule has 2 aliphatic carbocycles. The van der Waals surface area contributed by atoms with E-state index in [1.165, 1.54) is 18.7 Å². The maximum absolute atomic E-state index is 13.2. The van der Waals surface area contributed by atoms with Gasteiger partial charge in [-0.15, -0.1) is 0 Å². The molecule has 0 saturated heterocycles. The second-order valence-corrected chi connectivity index (χ2v) is 8.51. The number of nitrogens with one attached hydrogen (secondary N) is 2. The van der Waals surface area contributed by atoms with Crippen molar-refractivity contribution < 1.29 is 22.5 Å². The van der Waals surface area contributed by atoms with Crippen LogP contribution in [0.4, 0.5) is 35.4 Å². The second kappa shape index (κ2) is 7.35. The normalized spacial score (nSPS) is 16.9. The SMILES string of the molecule is Nc1ncnc2c1c(-c1ncc(NC(=O)Nc3cc(C4(C(F)(F)F)CC4)no3)cn1)nn2C1CC1. The minimum atomic E-state index is -4.43. The smallest absolute Gasteiger partial charge is 0.383 e. The number of carbonyl (C=O) groups is 1. The lowest BCUT2D eigenvalue weighted by molar-refractivity contribution is -0.161. The van der Waals surface area contributed by atoms with Crippen LogP contribution in [0.5, 0.6) is 0 Å². The Labute approximate surface area is 194 Å². The number of amides is 2. The molecule has 0 aliphatic heterocycles. The van der Waals surface area contributed by atoms with E-state index in [4.69, 9.17) is 10.3 Å². The predicted octanol–water partition coefficient (Wildman–Crippen LogP) is 3.43. The molecule has 0 spiro atoms. The summed E-state index contributed by atoms with van der Waals surface area (Å²) >= 11 is 0.